The lowest BCUT2D eigenvalue weighted by atomic mass is 9.83. The molecule has 2 aromatic rings. The van der Waals surface area contributed by atoms with Crippen molar-refractivity contribution >= 4 is 11.9 Å². The second-order valence-corrected chi connectivity index (χ2v) is 11.2. The van der Waals surface area contributed by atoms with Crippen LogP contribution in [0.5, 0.6) is 28.7 Å². The molecule has 11 heteroatoms. The van der Waals surface area contributed by atoms with Crippen molar-refractivity contribution in [2.75, 3.05) is 48.3 Å². The highest BCUT2D eigenvalue weighted by Gasteiger charge is 2.47. The Morgan fingerprint density at radius 2 is 1.79 bits per heavy atom. The molecule has 4 aliphatic rings. The van der Waals surface area contributed by atoms with Crippen LogP contribution in [0, 0.1) is 0 Å². The zero-order chi connectivity index (χ0) is 29.4. The number of nitrogens with zero attached hydrogens (tertiary/aromatic N) is 1. The summed E-state index contributed by atoms with van der Waals surface area (Å²) in [5, 5.41) is 6.50. The maximum atomic E-state index is 13.2. The summed E-state index contributed by atoms with van der Waals surface area (Å²) in [4.78, 5) is 28.3. The molecule has 3 heterocycles. The van der Waals surface area contributed by atoms with Gasteiger partial charge in [0.2, 0.25) is 18.4 Å². The average molecular weight is 582 g/mol. The number of rotatable bonds is 9. The van der Waals surface area contributed by atoms with Crippen LogP contribution >= 0.6 is 0 Å². The Labute approximate surface area is 245 Å². The van der Waals surface area contributed by atoms with E-state index in [1.54, 1.807) is 13.2 Å². The lowest BCUT2D eigenvalue weighted by Gasteiger charge is -2.39. The zero-order valence-electron chi connectivity index (χ0n) is 24.7. The van der Waals surface area contributed by atoms with Gasteiger partial charge < -0.3 is 39.1 Å². The molecule has 42 heavy (non-hydrogen) atoms. The minimum atomic E-state index is -0.632. The first-order valence-electron chi connectivity index (χ1n) is 14.6. The second-order valence-electron chi connectivity index (χ2n) is 11.2. The van der Waals surface area contributed by atoms with Crippen molar-refractivity contribution < 1.29 is 38.0 Å². The molecule has 0 bridgehead atoms. The van der Waals surface area contributed by atoms with Crippen molar-refractivity contribution in [3.8, 4) is 28.7 Å². The molecule has 2 N–H and O–H groups in total. The predicted molar refractivity (Wildman–Crippen MR) is 153 cm³/mol. The molecule has 0 unspecified atom stereocenters. The van der Waals surface area contributed by atoms with Gasteiger partial charge in [0.25, 0.3) is 0 Å². The number of carbonyl (C=O) groups excluding carboxylic acids is 2. The first-order chi connectivity index (χ1) is 20.5. The van der Waals surface area contributed by atoms with Crippen molar-refractivity contribution in [3.05, 3.63) is 39.9 Å². The fourth-order valence-corrected chi connectivity index (χ4v) is 6.90. The van der Waals surface area contributed by atoms with E-state index in [9.17, 15) is 9.59 Å². The van der Waals surface area contributed by atoms with E-state index in [1.807, 2.05) is 13.1 Å². The van der Waals surface area contributed by atoms with E-state index >= 15 is 0 Å². The van der Waals surface area contributed by atoms with Gasteiger partial charge in [-0.15, -0.1) is 0 Å². The minimum absolute atomic E-state index is 0.0531. The Morgan fingerprint density at radius 1 is 1.02 bits per heavy atom. The number of benzene rings is 2. The fraction of sp³-hybridized carbons (Fsp3) is 0.548. The van der Waals surface area contributed by atoms with Crippen molar-refractivity contribution in [2.24, 2.45) is 0 Å². The Kier molecular flexibility index (Phi) is 8.04. The van der Waals surface area contributed by atoms with Gasteiger partial charge in [-0.2, -0.15) is 0 Å². The van der Waals surface area contributed by atoms with E-state index in [4.69, 9.17) is 28.4 Å². The summed E-state index contributed by atoms with van der Waals surface area (Å²) in [5.41, 5.74) is 3.80. The van der Waals surface area contributed by atoms with Gasteiger partial charge in [0.1, 0.15) is 11.7 Å². The zero-order valence-corrected chi connectivity index (χ0v) is 24.7. The first-order valence-corrected chi connectivity index (χ1v) is 14.6. The smallest absolute Gasteiger partial charge is 0.343 e. The molecule has 1 saturated carbocycles. The molecule has 1 aliphatic carbocycles. The second kappa shape index (κ2) is 11.9. The molecule has 6 rings (SSSR count). The standard InChI is InChI=1S/C31H39N3O8/c1-34-13-12-18-20(14-33-22(35)15-32-17-8-6-5-7-9-17)27-30(41-16-40-27)29(39-4)23(18)25(34)26-19-10-11-21(37-2)28(38-3)24(19)31(36)42-26/h10-11,17,25-26,32H,5-9,12-16H2,1-4H3,(H,33,35)/t25-,26-/m1/s1. The van der Waals surface area contributed by atoms with Crippen LogP contribution in [0.1, 0.15) is 76.9 Å². The number of carbonyl (C=O) groups is 2. The maximum Gasteiger partial charge on any atom is 0.343 e. The molecule has 0 spiro atoms. The maximum absolute atomic E-state index is 13.2. The number of likely N-dealkylation sites (N-methyl/N-ethyl adjacent to an activating group) is 1. The number of hydrogen-bond donors (Lipinski definition) is 2. The summed E-state index contributed by atoms with van der Waals surface area (Å²) in [7, 11) is 6.65. The van der Waals surface area contributed by atoms with Crippen molar-refractivity contribution in [1.29, 1.82) is 0 Å². The number of esters is 1. The molecule has 1 fully saturated rings. The molecule has 1 amide bonds. The molecular formula is C31H39N3O8. The molecular weight excluding hydrogens is 542 g/mol. The van der Waals surface area contributed by atoms with E-state index in [2.05, 4.69) is 15.5 Å². The van der Waals surface area contributed by atoms with Gasteiger partial charge in [0.05, 0.1) is 33.9 Å². The minimum Gasteiger partial charge on any atom is -0.493 e. The number of cyclic esters (lactones) is 1. The summed E-state index contributed by atoms with van der Waals surface area (Å²) in [6, 6.07) is 3.65. The summed E-state index contributed by atoms with van der Waals surface area (Å²) in [6.07, 6.45) is 5.97. The quantitative estimate of drug-likeness (QED) is 0.427. The van der Waals surface area contributed by atoms with Gasteiger partial charge in [0, 0.05) is 35.8 Å². The van der Waals surface area contributed by atoms with Crippen LogP contribution in [-0.2, 0) is 22.5 Å². The third-order valence-electron chi connectivity index (χ3n) is 8.94. The molecule has 2 atom stereocenters. The summed E-state index contributed by atoms with van der Waals surface area (Å²) in [6.45, 7) is 1.30. The highest BCUT2D eigenvalue weighted by Crippen LogP contribution is 2.56. The van der Waals surface area contributed by atoms with E-state index < -0.39 is 12.1 Å². The van der Waals surface area contributed by atoms with E-state index in [1.165, 1.54) is 33.5 Å². The summed E-state index contributed by atoms with van der Waals surface area (Å²) < 4.78 is 34.9. The SMILES string of the molecule is COc1ccc2c(c1OC)C(=O)O[C@H]2[C@H]1c2c(c(CNC(=O)CNC3CCCCC3)c3c(c2OC)OCO3)CCN1C. The van der Waals surface area contributed by atoms with Crippen molar-refractivity contribution in [3.63, 3.8) is 0 Å². The van der Waals surface area contributed by atoms with Crippen LogP contribution in [0.2, 0.25) is 0 Å². The van der Waals surface area contributed by atoms with Gasteiger partial charge in [-0.3, -0.25) is 9.69 Å². The molecule has 11 nitrogen and oxygen atoms in total. The molecule has 3 aliphatic heterocycles. The van der Waals surface area contributed by atoms with Gasteiger partial charge in [-0.25, -0.2) is 4.79 Å². The number of methoxy groups -OCH3 is 3. The number of fused-ring (bicyclic) bond motifs is 3. The van der Waals surface area contributed by atoms with E-state index in [0.717, 1.165) is 29.5 Å². The van der Waals surface area contributed by atoms with Gasteiger partial charge >= 0.3 is 5.97 Å². The lowest BCUT2D eigenvalue weighted by molar-refractivity contribution is -0.120. The predicted octanol–water partition coefficient (Wildman–Crippen LogP) is 3.42. The number of nitrogens with one attached hydrogen (secondary N) is 2. The van der Waals surface area contributed by atoms with E-state index in [0.29, 0.717) is 58.9 Å². The number of amides is 1. The van der Waals surface area contributed by atoms with Crippen LogP contribution in [0.4, 0.5) is 0 Å². The molecule has 2 aromatic carbocycles. The Bertz CT molecular complexity index is 1370. The van der Waals surface area contributed by atoms with Gasteiger partial charge in [0.15, 0.2) is 23.0 Å². The van der Waals surface area contributed by atoms with Gasteiger partial charge in [-0.05, 0) is 37.9 Å². The summed E-state index contributed by atoms with van der Waals surface area (Å²) in [5.74, 6) is 1.91. The molecule has 0 radical (unpaired) electrons. The van der Waals surface area contributed by atoms with Crippen LogP contribution in [0.3, 0.4) is 0 Å². The molecule has 226 valence electrons. The molecule has 0 saturated heterocycles. The Morgan fingerprint density at radius 3 is 2.52 bits per heavy atom. The first kappa shape index (κ1) is 28.4. The van der Waals surface area contributed by atoms with E-state index in [-0.39, 0.29) is 31.8 Å². The number of hydrogen-bond acceptors (Lipinski definition) is 10. The summed E-state index contributed by atoms with van der Waals surface area (Å²) >= 11 is 0. The van der Waals surface area contributed by atoms with Crippen LogP contribution < -0.4 is 34.3 Å². The molecule has 0 aromatic heterocycles. The third-order valence-corrected chi connectivity index (χ3v) is 8.94. The van der Waals surface area contributed by atoms with Gasteiger partial charge in [-0.1, -0.05) is 25.3 Å². The highest BCUT2D eigenvalue weighted by molar-refractivity contribution is 5.98. The van der Waals surface area contributed by atoms with Crippen molar-refractivity contribution in [1.82, 2.24) is 15.5 Å². The lowest BCUT2D eigenvalue weighted by Crippen LogP contribution is -2.40. The van der Waals surface area contributed by atoms with Crippen molar-refractivity contribution in [2.45, 2.75) is 63.3 Å². The van der Waals surface area contributed by atoms with Crippen LogP contribution in [-0.4, -0.2) is 71.1 Å². The Balaban J connectivity index is 1.35. The Hall–Kier alpha value is -3.70. The monoisotopic (exact) mass is 581 g/mol. The number of ether oxygens (including phenoxy) is 6. The average Bonchev–Trinajstić information content (AvgIpc) is 3.63. The normalized spacial score (nSPS) is 21.4. The van der Waals surface area contributed by atoms with Crippen LogP contribution in [0.15, 0.2) is 12.1 Å². The fourth-order valence-electron chi connectivity index (χ4n) is 6.90. The largest absolute Gasteiger partial charge is 0.493 e. The topological polar surface area (TPSA) is 117 Å². The third kappa shape index (κ3) is 4.88. The van der Waals surface area contributed by atoms with Crippen LogP contribution in [0.25, 0.3) is 0 Å². The highest BCUT2D eigenvalue weighted by atomic mass is 16.7.